The SMILES string of the molecule is COc1ccc(CCN2C(=O)NC(CC(=O)N3CC4CC(C3)c3ccc([NH+]([O-])O)c(=O)n3C4)C2=O)cc1. The van der Waals surface area contributed by atoms with Gasteiger partial charge < -0.3 is 24.7 Å². The molecule has 4 amide bonds. The molecule has 0 radical (unpaired) electrons. The van der Waals surface area contributed by atoms with Gasteiger partial charge in [0.15, 0.2) is 0 Å². The number of nitrogens with zero attached hydrogens (tertiary/aromatic N) is 3. The van der Waals surface area contributed by atoms with Crippen molar-refractivity contribution in [2.75, 3.05) is 26.7 Å². The van der Waals surface area contributed by atoms with Crippen molar-refractivity contribution in [2.45, 2.75) is 37.8 Å². The number of carbonyl (C=O) groups excluding carboxylic acids is 3. The van der Waals surface area contributed by atoms with Crippen LogP contribution in [0.25, 0.3) is 0 Å². The zero-order valence-electron chi connectivity index (χ0n) is 20.4. The highest BCUT2D eigenvalue weighted by atomic mass is 16.8. The van der Waals surface area contributed by atoms with Gasteiger partial charge in [-0.05, 0) is 42.5 Å². The lowest BCUT2D eigenvalue weighted by Gasteiger charge is -2.43. The van der Waals surface area contributed by atoms with E-state index in [1.165, 1.54) is 10.6 Å². The first-order valence-electron chi connectivity index (χ1n) is 12.2. The molecule has 5 rings (SSSR count). The number of rotatable bonds is 7. The van der Waals surface area contributed by atoms with E-state index in [-0.39, 0.29) is 36.4 Å². The molecule has 2 fully saturated rings. The van der Waals surface area contributed by atoms with Gasteiger partial charge in [0.25, 0.3) is 5.91 Å². The van der Waals surface area contributed by atoms with Crippen LogP contribution in [-0.4, -0.2) is 70.2 Å². The molecule has 4 heterocycles. The average molecular weight is 512 g/mol. The summed E-state index contributed by atoms with van der Waals surface area (Å²) in [5, 5.41) is 22.0. The van der Waals surface area contributed by atoms with Crippen LogP contribution in [0.4, 0.5) is 10.5 Å². The molecule has 1 aromatic heterocycles. The Morgan fingerprint density at radius 3 is 2.59 bits per heavy atom. The van der Waals surface area contributed by atoms with Gasteiger partial charge in [-0.3, -0.25) is 19.3 Å². The molecule has 12 nitrogen and oxygen atoms in total. The van der Waals surface area contributed by atoms with Crippen LogP contribution in [-0.2, 0) is 22.6 Å². The van der Waals surface area contributed by atoms with Crippen molar-refractivity contribution in [2.24, 2.45) is 5.92 Å². The fraction of sp³-hybridized carbons (Fsp3) is 0.440. The van der Waals surface area contributed by atoms with E-state index in [4.69, 9.17) is 4.74 Å². The second-order valence-corrected chi connectivity index (χ2v) is 9.78. The minimum atomic E-state index is -1.26. The van der Waals surface area contributed by atoms with Crippen LogP contribution >= 0.6 is 0 Å². The first kappa shape index (κ1) is 24.9. The van der Waals surface area contributed by atoms with Gasteiger partial charge in [-0.1, -0.05) is 12.1 Å². The molecular formula is C25H29N5O7. The van der Waals surface area contributed by atoms with Crippen molar-refractivity contribution in [1.82, 2.24) is 19.7 Å². The maximum absolute atomic E-state index is 13.2. The Hall–Kier alpha value is -3.74. The van der Waals surface area contributed by atoms with Crippen molar-refractivity contribution < 1.29 is 29.6 Å². The van der Waals surface area contributed by atoms with Gasteiger partial charge in [-0.2, -0.15) is 5.23 Å². The molecule has 0 saturated carbocycles. The first-order chi connectivity index (χ1) is 17.7. The molecule has 2 aromatic rings. The number of piperidine rings is 1. The number of urea groups is 1. The van der Waals surface area contributed by atoms with Crippen LogP contribution in [0.15, 0.2) is 41.2 Å². The number of methoxy groups -OCH3 is 1. The zero-order valence-corrected chi connectivity index (χ0v) is 20.4. The Bertz CT molecular complexity index is 1280. The average Bonchev–Trinajstić information content (AvgIpc) is 3.15. The van der Waals surface area contributed by atoms with Crippen LogP contribution in [0, 0.1) is 11.1 Å². The molecule has 3 N–H and O–H groups in total. The van der Waals surface area contributed by atoms with Crippen molar-refractivity contribution in [1.29, 1.82) is 0 Å². The number of fused-ring (bicyclic) bond motifs is 4. The topological polar surface area (TPSA) is 149 Å². The van der Waals surface area contributed by atoms with E-state index < -0.39 is 28.8 Å². The second kappa shape index (κ2) is 9.96. The maximum atomic E-state index is 13.2. The van der Waals surface area contributed by atoms with Gasteiger partial charge in [-0.25, -0.2) is 10.0 Å². The standard InChI is InChI=1S/C25H29N5O7/c1-37-18-4-2-15(3-5-18)8-9-28-23(32)19(26-25(28)34)11-22(31)27-12-16-10-17(14-27)20-6-7-21(30(35)36)24(33)29(20)13-16/h2-7,16-17,19,30,35H,8-14H2,1H3,(H,26,34). The van der Waals surface area contributed by atoms with Crippen molar-refractivity contribution in [3.63, 3.8) is 0 Å². The van der Waals surface area contributed by atoms with Gasteiger partial charge in [0.2, 0.25) is 11.6 Å². The molecule has 3 aliphatic heterocycles. The largest absolute Gasteiger partial charge is 0.595 e. The predicted octanol–water partition coefficient (Wildman–Crippen LogP) is -0.241. The Morgan fingerprint density at radius 2 is 1.89 bits per heavy atom. The highest BCUT2D eigenvalue weighted by Gasteiger charge is 2.42. The van der Waals surface area contributed by atoms with Crippen LogP contribution in [0.5, 0.6) is 5.75 Å². The molecule has 12 heteroatoms. The number of nitrogens with one attached hydrogen (secondary N) is 2. The minimum absolute atomic E-state index is 0.00631. The molecule has 4 atom stereocenters. The minimum Gasteiger partial charge on any atom is -0.595 e. The normalized spacial score (nSPS) is 23.5. The van der Waals surface area contributed by atoms with E-state index >= 15 is 0 Å². The molecule has 4 unspecified atom stereocenters. The zero-order chi connectivity index (χ0) is 26.3. The van der Waals surface area contributed by atoms with Crippen LogP contribution < -0.4 is 20.8 Å². The van der Waals surface area contributed by atoms with Crippen molar-refractivity contribution in [3.05, 3.63) is 63.2 Å². The smallest absolute Gasteiger partial charge is 0.324 e. The third kappa shape index (κ3) is 4.82. The highest BCUT2D eigenvalue weighted by molar-refractivity contribution is 6.05. The molecule has 2 bridgehead atoms. The number of ether oxygens (including phenoxy) is 1. The number of carbonyl (C=O) groups is 3. The van der Waals surface area contributed by atoms with E-state index in [0.717, 1.165) is 28.3 Å². The van der Waals surface area contributed by atoms with Crippen molar-refractivity contribution in [3.8, 4) is 5.75 Å². The van der Waals surface area contributed by atoms with Crippen LogP contribution in [0.1, 0.15) is 30.0 Å². The Kier molecular flexibility index (Phi) is 6.71. The molecule has 196 valence electrons. The summed E-state index contributed by atoms with van der Waals surface area (Å²) in [6.45, 7) is 1.33. The van der Waals surface area contributed by atoms with E-state index in [1.54, 1.807) is 18.1 Å². The number of pyridine rings is 1. The lowest BCUT2D eigenvalue weighted by atomic mass is 9.83. The molecule has 1 aromatic carbocycles. The van der Waals surface area contributed by atoms with E-state index in [1.807, 2.05) is 24.3 Å². The molecular weight excluding hydrogens is 482 g/mol. The number of aromatic nitrogens is 1. The third-order valence-electron chi connectivity index (χ3n) is 7.46. The van der Waals surface area contributed by atoms with Gasteiger partial charge in [0, 0.05) is 43.9 Å². The van der Waals surface area contributed by atoms with Crippen LogP contribution in [0.2, 0.25) is 0 Å². The Balaban J connectivity index is 1.21. The Labute approximate surface area is 212 Å². The van der Waals surface area contributed by atoms with Crippen molar-refractivity contribution >= 4 is 23.5 Å². The predicted molar refractivity (Wildman–Crippen MR) is 129 cm³/mol. The summed E-state index contributed by atoms with van der Waals surface area (Å²) < 4.78 is 6.66. The lowest BCUT2D eigenvalue weighted by molar-refractivity contribution is -0.992. The summed E-state index contributed by atoms with van der Waals surface area (Å²) >= 11 is 0. The number of quaternary nitrogens is 1. The third-order valence-corrected chi connectivity index (χ3v) is 7.46. The summed E-state index contributed by atoms with van der Waals surface area (Å²) in [7, 11) is 1.58. The molecule has 37 heavy (non-hydrogen) atoms. The molecule has 0 spiro atoms. The number of likely N-dealkylation sites (tertiary alicyclic amines) is 1. The first-order valence-corrected chi connectivity index (χ1v) is 12.2. The highest BCUT2D eigenvalue weighted by Crippen LogP contribution is 2.35. The fourth-order valence-electron chi connectivity index (χ4n) is 5.58. The van der Waals surface area contributed by atoms with E-state index in [2.05, 4.69) is 5.32 Å². The molecule has 3 aliphatic rings. The number of benzene rings is 1. The quantitative estimate of drug-likeness (QED) is 0.343. The monoisotopic (exact) mass is 511 g/mol. The van der Waals surface area contributed by atoms with Gasteiger partial charge in [0.05, 0.1) is 13.5 Å². The number of hydrogen-bond donors (Lipinski definition) is 3. The number of imide groups is 1. The summed E-state index contributed by atoms with van der Waals surface area (Å²) in [6.07, 6.45) is 1.16. The molecule has 2 saturated heterocycles. The lowest BCUT2D eigenvalue weighted by Crippen LogP contribution is -3.00. The summed E-state index contributed by atoms with van der Waals surface area (Å²) in [5.74, 6) is -0.0149. The summed E-state index contributed by atoms with van der Waals surface area (Å²) in [4.78, 5) is 54.0. The van der Waals surface area contributed by atoms with Gasteiger partial charge >= 0.3 is 11.6 Å². The number of amides is 4. The van der Waals surface area contributed by atoms with Crippen LogP contribution in [0.3, 0.4) is 0 Å². The maximum Gasteiger partial charge on any atom is 0.324 e. The second-order valence-electron chi connectivity index (χ2n) is 9.78. The molecule has 0 aliphatic carbocycles. The van der Waals surface area contributed by atoms with E-state index in [0.29, 0.717) is 26.1 Å². The van der Waals surface area contributed by atoms with Gasteiger partial charge in [-0.15, -0.1) is 0 Å². The summed E-state index contributed by atoms with van der Waals surface area (Å²) in [6, 6.07) is 8.94. The fourth-order valence-corrected chi connectivity index (χ4v) is 5.58. The van der Waals surface area contributed by atoms with Gasteiger partial charge in [0.1, 0.15) is 11.8 Å². The summed E-state index contributed by atoms with van der Waals surface area (Å²) in [5.41, 5.74) is 0.895. The Morgan fingerprint density at radius 1 is 1.14 bits per heavy atom. The van der Waals surface area contributed by atoms with E-state index in [9.17, 15) is 29.6 Å². The number of hydrogen-bond acceptors (Lipinski definition) is 7.